The van der Waals surface area contributed by atoms with Crippen molar-refractivity contribution in [3.8, 4) is 17.2 Å². The minimum absolute atomic E-state index is 0.308. The quantitative estimate of drug-likeness (QED) is 0.605. The summed E-state index contributed by atoms with van der Waals surface area (Å²) in [4.78, 5) is 0. The molecule has 0 radical (unpaired) electrons. The van der Waals surface area contributed by atoms with Crippen LogP contribution < -0.4 is 9.47 Å². The maximum atomic E-state index is 5.79. The highest BCUT2D eigenvalue weighted by atomic mass is 79.9. The van der Waals surface area contributed by atoms with Crippen LogP contribution >= 0.6 is 28.1 Å². The first kappa shape index (κ1) is 16.7. The Morgan fingerprint density at radius 1 is 1.04 bits per heavy atom. The largest absolute Gasteiger partial charge is 0.494 e. The third-order valence-corrected chi connectivity index (χ3v) is 4.13. The van der Waals surface area contributed by atoms with Gasteiger partial charge in [-0.05, 0) is 67.7 Å². The van der Waals surface area contributed by atoms with Gasteiger partial charge in [-0.3, -0.25) is 9.67 Å². The Morgan fingerprint density at radius 2 is 1.67 bits per heavy atom. The van der Waals surface area contributed by atoms with Crippen LogP contribution in [0, 0.1) is 4.77 Å². The number of H-pyrrole nitrogens is 1. The number of rotatable bonds is 6. The molecule has 1 aromatic heterocycles. The standard InChI is InChI=1S/C17H16BrN3O2S/c1-2-22-14-9-5-13(6-10-14)21-16(19-20-17(21)24)11-23-15-7-3-12(18)4-8-15/h3-10H,2,11H2,1H3,(H,20,24). The lowest BCUT2D eigenvalue weighted by Crippen LogP contribution is -2.06. The number of halogens is 1. The van der Waals surface area contributed by atoms with E-state index in [1.807, 2.05) is 60.0 Å². The molecule has 7 heteroatoms. The topological polar surface area (TPSA) is 52.1 Å². The fraction of sp³-hybridized carbons (Fsp3) is 0.176. The van der Waals surface area contributed by atoms with Crippen molar-refractivity contribution in [3.05, 3.63) is 63.6 Å². The minimum Gasteiger partial charge on any atom is -0.494 e. The van der Waals surface area contributed by atoms with Crippen LogP contribution in [0.15, 0.2) is 53.0 Å². The molecule has 3 aromatic rings. The average Bonchev–Trinajstić information content (AvgIpc) is 2.96. The molecule has 0 saturated carbocycles. The number of hydrogen-bond acceptors (Lipinski definition) is 4. The van der Waals surface area contributed by atoms with Gasteiger partial charge in [0, 0.05) is 4.47 Å². The highest BCUT2D eigenvalue weighted by Crippen LogP contribution is 2.19. The predicted molar refractivity (Wildman–Crippen MR) is 98.4 cm³/mol. The first-order chi connectivity index (χ1) is 11.7. The summed E-state index contributed by atoms with van der Waals surface area (Å²) in [7, 11) is 0. The Kier molecular flexibility index (Phi) is 5.32. The van der Waals surface area contributed by atoms with E-state index in [0.717, 1.165) is 21.7 Å². The van der Waals surface area contributed by atoms with E-state index in [4.69, 9.17) is 21.7 Å². The van der Waals surface area contributed by atoms with Gasteiger partial charge < -0.3 is 9.47 Å². The lowest BCUT2D eigenvalue weighted by atomic mass is 10.3. The number of aromatic amines is 1. The van der Waals surface area contributed by atoms with Crippen molar-refractivity contribution >= 4 is 28.1 Å². The second-order valence-corrected chi connectivity index (χ2v) is 6.25. The van der Waals surface area contributed by atoms with Crippen LogP contribution in [0.1, 0.15) is 12.7 Å². The van der Waals surface area contributed by atoms with Gasteiger partial charge in [-0.2, -0.15) is 5.10 Å². The second-order valence-electron chi connectivity index (χ2n) is 4.95. The van der Waals surface area contributed by atoms with Gasteiger partial charge in [0.15, 0.2) is 10.6 Å². The molecule has 0 fully saturated rings. The first-order valence-corrected chi connectivity index (χ1v) is 8.65. The maximum Gasteiger partial charge on any atom is 0.199 e. The molecule has 0 saturated heterocycles. The molecule has 2 aromatic carbocycles. The van der Waals surface area contributed by atoms with E-state index >= 15 is 0 Å². The zero-order valence-corrected chi connectivity index (χ0v) is 15.4. The summed E-state index contributed by atoms with van der Waals surface area (Å²) in [5.74, 6) is 2.29. The fourth-order valence-electron chi connectivity index (χ4n) is 2.23. The van der Waals surface area contributed by atoms with Crippen LogP contribution in [0.3, 0.4) is 0 Å². The van der Waals surface area contributed by atoms with E-state index in [1.165, 1.54) is 0 Å². The zero-order chi connectivity index (χ0) is 16.9. The number of ether oxygens (including phenoxy) is 2. The van der Waals surface area contributed by atoms with Crippen molar-refractivity contribution in [1.29, 1.82) is 0 Å². The first-order valence-electron chi connectivity index (χ1n) is 7.45. The van der Waals surface area contributed by atoms with Crippen LogP contribution in [-0.4, -0.2) is 21.4 Å². The Labute approximate surface area is 153 Å². The third kappa shape index (κ3) is 3.85. The number of hydrogen-bond donors (Lipinski definition) is 1. The van der Waals surface area contributed by atoms with E-state index in [0.29, 0.717) is 23.8 Å². The maximum absolute atomic E-state index is 5.79. The lowest BCUT2D eigenvalue weighted by molar-refractivity contribution is 0.293. The Morgan fingerprint density at radius 3 is 2.33 bits per heavy atom. The monoisotopic (exact) mass is 405 g/mol. The minimum atomic E-state index is 0.308. The van der Waals surface area contributed by atoms with Crippen molar-refractivity contribution in [2.45, 2.75) is 13.5 Å². The fourth-order valence-corrected chi connectivity index (χ4v) is 2.75. The van der Waals surface area contributed by atoms with Gasteiger partial charge in [-0.25, -0.2) is 0 Å². The molecule has 1 heterocycles. The molecule has 0 amide bonds. The van der Waals surface area contributed by atoms with E-state index in [1.54, 1.807) is 0 Å². The summed E-state index contributed by atoms with van der Waals surface area (Å²) < 4.78 is 14.6. The molecule has 124 valence electrons. The van der Waals surface area contributed by atoms with E-state index < -0.39 is 0 Å². The molecule has 3 rings (SSSR count). The third-order valence-electron chi connectivity index (χ3n) is 3.33. The van der Waals surface area contributed by atoms with Crippen LogP contribution in [0.5, 0.6) is 11.5 Å². The number of nitrogens with zero attached hydrogens (tertiary/aromatic N) is 2. The Balaban J connectivity index is 1.80. The molecule has 0 aliphatic heterocycles. The molecule has 0 aliphatic rings. The van der Waals surface area contributed by atoms with Gasteiger partial charge in [0.25, 0.3) is 0 Å². The van der Waals surface area contributed by atoms with Gasteiger partial charge >= 0.3 is 0 Å². The summed E-state index contributed by atoms with van der Waals surface area (Å²) in [6.45, 7) is 2.90. The highest BCUT2D eigenvalue weighted by molar-refractivity contribution is 9.10. The van der Waals surface area contributed by atoms with Gasteiger partial charge in [-0.15, -0.1) is 0 Å². The van der Waals surface area contributed by atoms with E-state index in [-0.39, 0.29) is 0 Å². The van der Waals surface area contributed by atoms with Gasteiger partial charge in [0.1, 0.15) is 18.1 Å². The summed E-state index contributed by atoms with van der Waals surface area (Å²) in [5, 5.41) is 7.08. The molecular formula is C17H16BrN3O2S. The zero-order valence-electron chi connectivity index (χ0n) is 13.0. The van der Waals surface area contributed by atoms with Gasteiger partial charge in [0.2, 0.25) is 0 Å². The second kappa shape index (κ2) is 7.63. The number of aromatic nitrogens is 3. The average molecular weight is 406 g/mol. The van der Waals surface area contributed by atoms with E-state index in [2.05, 4.69) is 26.1 Å². The summed E-state index contributed by atoms with van der Waals surface area (Å²) >= 11 is 8.74. The lowest BCUT2D eigenvalue weighted by Gasteiger charge is -2.10. The van der Waals surface area contributed by atoms with Crippen molar-refractivity contribution in [3.63, 3.8) is 0 Å². The normalized spacial score (nSPS) is 10.6. The summed E-state index contributed by atoms with van der Waals surface area (Å²) in [5.41, 5.74) is 0.909. The van der Waals surface area contributed by atoms with Crippen molar-refractivity contribution < 1.29 is 9.47 Å². The number of benzene rings is 2. The van der Waals surface area contributed by atoms with Crippen LogP contribution in [0.25, 0.3) is 5.69 Å². The molecular weight excluding hydrogens is 390 g/mol. The molecule has 24 heavy (non-hydrogen) atoms. The highest BCUT2D eigenvalue weighted by Gasteiger charge is 2.09. The SMILES string of the molecule is CCOc1ccc(-n2c(COc3ccc(Br)cc3)n[nH]c2=S)cc1. The number of nitrogens with one attached hydrogen (secondary N) is 1. The molecule has 0 bridgehead atoms. The van der Waals surface area contributed by atoms with Gasteiger partial charge in [-0.1, -0.05) is 15.9 Å². The summed E-state index contributed by atoms with van der Waals surface area (Å²) in [6, 6.07) is 15.4. The Bertz CT molecular complexity index is 857. The van der Waals surface area contributed by atoms with Crippen LogP contribution in [0.4, 0.5) is 0 Å². The smallest absolute Gasteiger partial charge is 0.199 e. The Hall–Kier alpha value is -2.12. The van der Waals surface area contributed by atoms with Crippen molar-refractivity contribution in [2.24, 2.45) is 0 Å². The van der Waals surface area contributed by atoms with Crippen molar-refractivity contribution in [2.75, 3.05) is 6.61 Å². The molecule has 0 unspecified atom stereocenters. The molecule has 1 N–H and O–H groups in total. The van der Waals surface area contributed by atoms with E-state index in [9.17, 15) is 0 Å². The summed E-state index contributed by atoms with van der Waals surface area (Å²) in [6.07, 6.45) is 0. The molecule has 0 spiro atoms. The van der Waals surface area contributed by atoms with Crippen LogP contribution in [0.2, 0.25) is 0 Å². The van der Waals surface area contributed by atoms with Gasteiger partial charge in [0.05, 0.1) is 12.3 Å². The van der Waals surface area contributed by atoms with Crippen LogP contribution in [-0.2, 0) is 6.61 Å². The molecule has 0 atom stereocenters. The predicted octanol–water partition coefficient (Wildman–Crippen LogP) is 4.67. The molecule has 5 nitrogen and oxygen atoms in total. The molecule has 0 aliphatic carbocycles. The van der Waals surface area contributed by atoms with Crippen molar-refractivity contribution in [1.82, 2.24) is 14.8 Å².